The van der Waals surface area contributed by atoms with Crippen LogP contribution in [0.15, 0.2) is 24.3 Å². The van der Waals surface area contributed by atoms with Gasteiger partial charge in [-0.3, -0.25) is 0 Å². The van der Waals surface area contributed by atoms with Gasteiger partial charge in [0.15, 0.2) is 5.75 Å². The second-order valence-corrected chi connectivity index (χ2v) is 1.86. The third-order valence-corrected chi connectivity index (χ3v) is 1.28. The Morgan fingerprint density at radius 1 is 1.40 bits per heavy atom. The van der Waals surface area contributed by atoms with Crippen LogP contribution in [0.3, 0.4) is 0 Å². The Balaban J connectivity index is 2.96. The molecule has 0 aliphatic carbocycles. The lowest BCUT2D eigenvalue weighted by Crippen LogP contribution is -2.04. The fraction of sp³-hybridized carbons (Fsp3) is 0.143. The van der Waals surface area contributed by atoms with Crippen molar-refractivity contribution in [2.45, 2.75) is 0 Å². The Morgan fingerprint density at radius 2 is 2.10 bits per heavy atom. The summed E-state index contributed by atoms with van der Waals surface area (Å²) in [6.45, 7) is 0. The molecule has 54 valence electrons. The SMILES string of the molecule is CNc1ccccc1ON. The van der Waals surface area contributed by atoms with E-state index in [-0.39, 0.29) is 0 Å². The predicted molar refractivity (Wildman–Crippen MR) is 40.8 cm³/mol. The van der Waals surface area contributed by atoms with E-state index in [1.54, 1.807) is 6.07 Å². The van der Waals surface area contributed by atoms with E-state index in [2.05, 4.69) is 10.2 Å². The maximum Gasteiger partial charge on any atom is 0.169 e. The summed E-state index contributed by atoms with van der Waals surface area (Å²) in [5.41, 5.74) is 0.894. The molecule has 0 heterocycles. The van der Waals surface area contributed by atoms with Gasteiger partial charge in [-0.1, -0.05) is 12.1 Å². The van der Waals surface area contributed by atoms with Crippen LogP contribution >= 0.6 is 0 Å². The van der Waals surface area contributed by atoms with Crippen LogP contribution < -0.4 is 16.1 Å². The van der Waals surface area contributed by atoms with Crippen LogP contribution in [0.25, 0.3) is 0 Å². The van der Waals surface area contributed by atoms with E-state index in [4.69, 9.17) is 5.90 Å². The lowest BCUT2D eigenvalue weighted by molar-refractivity contribution is 0.336. The van der Waals surface area contributed by atoms with Gasteiger partial charge < -0.3 is 10.2 Å². The van der Waals surface area contributed by atoms with Crippen LogP contribution in [0.5, 0.6) is 5.75 Å². The monoisotopic (exact) mass is 138 g/mol. The molecular weight excluding hydrogens is 128 g/mol. The molecule has 0 aromatic heterocycles. The molecule has 0 atom stereocenters. The Morgan fingerprint density at radius 3 is 2.60 bits per heavy atom. The third-order valence-electron chi connectivity index (χ3n) is 1.28. The van der Waals surface area contributed by atoms with Crippen molar-refractivity contribution in [3.8, 4) is 5.75 Å². The molecule has 3 N–H and O–H groups in total. The molecule has 0 unspecified atom stereocenters. The highest BCUT2D eigenvalue weighted by Crippen LogP contribution is 2.20. The minimum absolute atomic E-state index is 0.657. The third kappa shape index (κ3) is 1.19. The van der Waals surface area contributed by atoms with Crippen LogP contribution in [-0.4, -0.2) is 7.05 Å². The highest BCUT2D eigenvalue weighted by molar-refractivity contribution is 5.55. The molecule has 1 aromatic carbocycles. The number of nitrogens with one attached hydrogen (secondary N) is 1. The molecule has 0 spiro atoms. The van der Waals surface area contributed by atoms with Crippen molar-refractivity contribution in [3.63, 3.8) is 0 Å². The number of rotatable bonds is 2. The Hall–Kier alpha value is -1.22. The van der Waals surface area contributed by atoms with Gasteiger partial charge in [0, 0.05) is 7.05 Å². The zero-order chi connectivity index (χ0) is 7.40. The summed E-state index contributed by atoms with van der Waals surface area (Å²) in [4.78, 5) is 4.57. The second-order valence-electron chi connectivity index (χ2n) is 1.86. The molecule has 1 rings (SSSR count). The summed E-state index contributed by atoms with van der Waals surface area (Å²) < 4.78 is 0. The fourth-order valence-electron chi connectivity index (χ4n) is 0.776. The summed E-state index contributed by atoms with van der Waals surface area (Å²) in [6.07, 6.45) is 0. The van der Waals surface area contributed by atoms with E-state index in [1.807, 2.05) is 25.2 Å². The van der Waals surface area contributed by atoms with Crippen LogP contribution in [-0.2, 0) is 0 Å². The number of benzene rings is 1. The summed E-state index contributed by atoms with van der Waals surface area (Å²) in [5, 5.41) is 2.94. The number of anilines is 1. The first-order valence-electron chi connectivity index (χ1n) is 3.02. The van der Waals surface area contributed by atoms with Gasteiger partial charge in [0.25, 0.3) is 0 Å². The maximum absolute atomic E-state index is 4.99. The lowest BCUT2D eigenvalue weighted by Gasteiger charge is -2.04. The smallest absolute Gasteiger partial charge is 0.169 e. The van der Waals surface area contributed by atoms with E-state index in [0.717, 1.165) is 5.69 Å². The topological polar surface area (TPSA) is 47.3 Å². The van der Waals surface area contributed by atoms with Gasteiger partial charge in [-0.2, -0.15) is 5.90 Å². The highest BCUT2D eigenvalue weighted by Gasteiger charge is 1.96. The fourth-order valence-corrected chi connectivity index (χ4v) is 0.776. The Bertz CT molecular complexity index is 190. The van der Waals surface area contributed by atoms with E-state index in [1.165, 1.54) is 0 Å². The van der Waals surface area contributed by atoms with E-state index >= 15 is 0 Å². The molecule has 1 aromatic rings. The number of hydrogen-bond donors (Lipinski definition) is 2. The average molecular weight is 138 g/mol. The molecule has 0 aliphatic heterocycles. The van der Waals surface area contributed by atoms with Gasteiger partial charge in [0.2, 0.25) is 0 Å². The molecule has 3 nitrogen and oxygen atoms in total. The summed E-state index contributed by atoms with van der Waals surface area (Å²) in [5.74, 6) is 5.64. The molecule has 0 amide bonds. The average Bonchev–Trinajstić information content (AvgIpc) is 2.04. The van der Waals surface area contributed by atoms with Crippen molar-refractivity contribution < 1.29 is 4.84 Å². The van der Waals surface area contributed by atoms with Gasteiger partial charge in [-0.05, 0) is 12.1 Å². The second kappa shape index (κ2) is 3.08. The van der Waals surface area contributed by atoms with E-state index < -0.39 is 0 Å². The molecule has 0 saturated heterocycles. The van der Waals surface area contributed by atoms with Crippen LogP contribution in [0, 0.1) is 0 Å². The van der Waals surface area contributed by atoms with Crippen molar-refractivity contribution in [3.05, 3.63) is 24.3 Å². The minimum Gasteiger partial charge on any atom is -0.409 e. The zero-order valence-corrected chi connectivity index (χ0v) is 5.79. The Kier molecular flexibility index (Phi) is 2.12. The zero-order valence-electron chi connectivity index (χ0n) is 5.79. The van der Waals surface area contributed by atoms with Crippen LogP contribution in [0.1, 0.15) is 0 Å². The van der Waals surface area contributed by atoms with Gasteiger partial charge in [0.05, 0.1) is 5.69 Å². The molecule has 0 radical (unpaired) electrons. The van der Waals surface area contributed by atoms with Crippen molar-refractivity contribution >= 4 is 5.69 Å². The van der Waals surface area contributed by atoms with E-state index in [9.17, 15) is 0 Å². The van der Waals surface area contributed by atoms with Gasteiger partial charge >= 0.3 is 0 Å². The van der Waals surface area contributed by atoms with Crippen LogP contribution in [0.4, 0.5) is 5.69 Å². The Labute approximate surface area is 59.8 Å². The number of nitrogens with two attached hydrogens (primary N) is 1. The first-order chi connectivity index (χ1) is 4.88. The van der Waals surface area contributed by atoms with Crippen molar-refractivity contribution in [2.75, 3.05) is 12.4 Å². The standard InChI is InChI=1S/C7H10N2O/c1-9-6-4-2-3-5-7(6)10-8/h2-5,9H,8H2,1H3. The number of para-hydroxylation sites is 2. The summed E-state index contributed by atoms with van der Waals surface area (Å²) >= 11 is 0. The van der Waals surface area contributed by atoms with Crippen molar-refractivity contribution in [1.29, 1.82) is 0 Å². The van der Waals surface area contributed by atoms with Crippen molar-refractivity contribution in [1.82, 2.24) is 0 Å². The molecular formula is C7H10N2O. The molecule has 0 saturated carbocycles. The normalized spacial score (nSPS) is 9.00. The molecule has 3 heteroatoms. The predicted octanol–water partition coefficient (Wildman–Crippen LogP) is 0.981. The van der Waals surface area contributed by atoms with E-state index in [0.29, 0.717) is 5.75 Å². The summed E-state index contributed by atoms with van der Waals surface area (Å²) in [7, 11) is 1.82. The molecule has 0 aliphatic rings. The molecule has 0 bridgehead atoms. The molecule has 10 heavy (non-hydrogen) atoms. The maximum atomic E-state index is 4.99. The van der Waals surface area contributed by atoms with Gasteiger partial charge in [-0.25, -0.2) is 0 Å². The van der Waals surface area contributed by atoms with Gasteiger partial charge in [0.1, 0.15) is 0 Å². The molecule has 0 fully saturated rings. The summed E-state index contributed by atoms with van der Waals surface area (Å²) in [6, 6.07) is 7.46. The van der Waals surface area contributed by atoms with Gasteiger partial charge in [-0.15, -0.1) is 0 Å². The first-order valence-corrected chi connectivity index (χ1v) is 3.02. The number of hydrogen-bond acceptors (Lipinski definition) is 3. The minimum atomic E-state index is 0.657. The quantitative estimate of drug-likeness (QED) is 0.599. The van der Waals surface area contributed by atoms with Crippen molar-refractivity contribution in [2.24, 2.45) is 5.90 Å². The largest absolute Gasteiger partial charge is 0.409 e. The lowest BCUT2D eigenvalue weighted by atomic mass is 10.3. The van der Waals surface area contributed by atoms with Crippen LogP contribution in [0.2, 0.25) is 0 Å². The highest BCUT2D eigenvalue weighted by atomic mass is 16.6. The first kappa shape index (κ1) is 6.89.